The molecular weight excluding hydrogens is 299 g/mol. The summed E-state index contributed by atoms with van der Waals surface area (Å²) < 4.78 is 18.4. The highest BCUT2D eigenvalue weighted by Crippen LogP contribution is 2.25. The molecule has 0 radical (unpaired) electrons. The topological polar surface area (TPSA) is 64.7 Å². The molecule has 0 amide bonds. The second kappa shape index (κ2) is 6.56. The van der Waals surface area contributed by atoms with E-state index in [-0.39, 0.29) is 24.2 Å². The van der Waals surface area contributed by atoms with Crippen LogP contribution in [0.2, 0.25) is 0 Å². The Balaban J connectivity index is 1.79. The molecular formula is C17H15FN2O3. The average Bonchev–Trinajstić information content (AvgIpc) is 3.04. The van der Waals surface area contributed by atoms with Gasteiger partial charge in [0.15, 0.2) is 0 Å². The number of ether oxygens (including phenoxy) is 1. The third kappa shape index (κ3) is 3.53. The Morgan fingerprint density at radius 2 is 1.91 bits per heavy atom. The highest BCUT2D eigenvalue weighted by atomic mass is 19.1. The van der Waals surface area contributed by atoms with Crippen LogP contribution in [0.1, 0.15) is 17.2 Å². The van der Waals surface area contributed by atoms with Gasteiger partial charge in [0.1, 0.15) is 18.5 Å². The molecule has 0 N–H and O–H groups in total. The van der Waals surface area contributed by atoms with Gasteiger partial charge in [0.05, 0.1) is 0 Å². The number of benzene rings is 2. The van der Waals surface area contributed by atoms with E-state index in [1.165, 1.54) is 24.3 Å². The number of nitrogens with zero attached hydrogens (tertiary/aromatic N) is 2. The third-order valence-corrected chi connectivity index (χ3v) is 3.74. The highest BCUT2D eigenvalue weighted by molar-refractivity contribution is 5.82. The predicted octanol–water partition coefficient (Wildman–Crippen LogP) is 3.18. The molecule has 0 spiro atoms. The van der Waals surface area contributed by atoms with Crippen molar-refractivity contribution in [2.75, 3.05) is 6.61 Å². The maximum atomic E-state index is 12.9. The van der Waals surface area contributed by atoms with Gasteiger partial charge in [0, 0.05) is 11.3 Å². The number of hydrogen-bond acceptors (Lipinski definition) is 4. The fourth-order valence-corrected chi connectivity index (χ4v) is 2.52. The Bertz CT molecular complexity index is 716. The Hall–Kier alpha value is -2.76. The van der Waals surface area contributed by atoms with E-state index in [4.69, 9.17) is 4.74 Å². The lowest BCUT2D eigenvalue weighted by Crippen LogP contribution is -2.32. The van der Waals surface area contributed by atoms with Crippen molar-refractivity contribution in [1.29, 1.82) is 0 Å². The minimum atomic E-state index is -1.06. The van der Waals surface area contributed by atoms with Crippen LogP contribution in [0.25, 0.3) is 0 Å². The Labute approximate surface area is 132 Å². The molecule has 0 fully saturated rings. The second-order valence-corrected chi connectivity index (χ2v) is 5.34. The maximum absolute atomic E-state index is 12.9. The van der Waals surface area contributed by atoms with Crippen molar-refractivity contribution in [3.05, 3.63) is 81.7 Å². The van der Waals surface area contributed by atoms with Crippen molar-refractivity contribution in [1.82, 2.24) is 0 Å². The molecule has 0 unspecified atom stereocenters. The molecule has 1 aliphatic heterocycles. The molecule has 0 aliphatic carbocycles. The zero-order valence-corrected chi connectivity index (χ0v) is 12.3. The summed E-state index contributed by atoms with van der Waals surface area (Å²) in [6.45, 7) is 0.299. The summed E-state index contributed by atoms with van der Waals surface area (Å²) in [5.41, 5.74) is 1.63. The zero-order chi connectivity index (χ0) is 16.2. The van der Waals surface area contributed by atoms with Gasteiger partial charge < -0.3 is 4.74 Å². The molecule has 2 atom stereocenters. The summed E-state index contributed by atoms with van der Waals surface area (Å²) in [7, 11) is 0. The van der Waals surface area contributed by atoms with Crippen LogP contribution in [0, 0.1) is 15.9 Å². The first kappa shape index (κ1) is 15.1. The number of nitro groups is 1. The van der Waals surface area contributed by atoms with E-state index >= 15 is 0 Å². The van der Waals surface area contributed by atoms with Crippen LogP contribution in [-0.4, -0.2) is 23.5 Å². The third-order valence-electron chi connectivity index (χ3n) is 3.74. The van der Waals surface area contributed by atoms with Gasteiger partial charge in [0.25, 0.3) is 11.9 Å². The van der Waals surface area contributed by atoms with Gasteiger partial charge in [-0.15, -0.1) is 0 Å². The number of rotatable bonds is 5. The quantitative estimate of drug-likeness (QED) is 0.629. The van der Waals surface area contributed by atoms with Crippen LogP contribution < -0.4 is 0 Å². The molecule has 1 aliphatic rings. The number of hydrogen-bond donors (Lipinski definition) is 0. The lowest BCUT2D eigenvalue weighted by atomic mass is 10.1. The molecule has 0 aromatic heterocycles. The maximum Gasteiger partial charge on any atom is 0.290 e. The standard InChI is InChI=1S/C17H15FN2O3/c18-14-8-6-12(7-9-14)10-16(20(21)22)17-19-15(11-23-17)13-4-2-1-3-5-13/h1-9,15-16H,10-11H2/t15-,16+/m0/s1. The molecule has 0 saturated carbocycles. The summed E-state index contributed by atoms with van der Waals surface area (Å²) in [6.07, 6.45) is 0.119. The van der Waals surface area contributed by atoms with Crippen molar-refractivity contribution in [3.8, 4) is 0 Å². The van der Waals surface area contributed by atoms with Gasteiger partial charge >= 0.3 is 0 Å². The molecule has 23 heavy (non-hydrogen) atoms. The van der Waals surface area contributed by atoms with Gasteiger partial charge in [-0.25, -0.2) is 9.38 Å². The SMILES string of the molecule is O=[N+]([O-])[C@H](Cc1ccc(F)cc1)C1=N[C@H](c2ccccc2)CO1. The van der Waals surface area contributed by atoms with E-state index in [1.54, 1.807) is 0 Å². The zero-order valence-electron chi connectivity index (χ0n) is 12.3. The first-order valence-corrected chi connectivity index (χ1v) is 7.27. The fourth-order valence-electron chi connectivity index (χ4n) is 2.52. The van der Waals surface area contributed by atoms with Gasteiger partial charge in [-0.3, -0.25) is 10.1 Å². The molecule has 2 aromatic carbocycles. The normalized spacial score (nSPS) is 18.1. The van der Waals surface area contributed by atoms with Gasteiger partial charge in [0.2, 0.25) is 0 Å². The van der Waals surface area contributed by atoms with E-state index in [1.807, 2.05) is 30.3 Å². The lowest BCUT2D eigenvalue weighted by molar-refractivity contribution is -0.504. The summed E-state index contributed by atoms with van der Waals surface area (Å²) in [5, 5.41) is 11.4. The predicted molar refractivity (Wildman–Crippen MR) is 83.5 cm³/mol. The molecule has 2 aromatic rings. The summed E-state index contributed by atoms with van der Waals surface area (Å²) in [4.78, 5) is 15.3. The molecule has 1 heterocycles. The van der Waals surface area contributed by atoms with Gasteiger partial charge in [-0.1, -0.05) is 42.5 Å². The Kier molecular flexibility index (Phi) is 4.32. The van der Waals surface area contributed by atoms with E-state index in [0.717, 1.165) is 5.56 Å². The Morgan fingerprint density at radius 1 is 1.22 bits per heavy atom. The first-order chi connectivity index (χ1) is 11.1. The molecule has 5 nitrogen and oxygen atoms in total. The minimum Gasteiger partial charge on any atom is -0.473 e. The van der Waals surface area contributed by atoms with Gasteiger partial charge in [-0.05, 0) is 23.3 Å². The van der Waals surface area contributed by atoms with Crippen LogP contribution >= 0.6 is 0 Å². The van der Waals surface area contributed by atoms with E-state index in [2.05, 4.69) is 4.99 Å². The van der Waals surface area contributed by atoms with Crippen molar-refractivity contribution in [2.24, 2.45) is 4.99 Å². The minimum absolute atomic E-state index is 0.119. The van der Waals surface area contributed by atoms with Crippen molar-refractivity contribution in [2.45, 2.75) is 18.5 Å². The highest BCUT2D eigenvalue weighted by Gasteiger charge is 2.34. The van der Waals surface area contributed by atoms with Crippen LogP contribution in [0.5, 0.6) is 0 Å². The Morgan fingerprint density at radius 3 is 2.57 bits per heavy atom. The lowest BCUT2D eigenvalue weighted by Gasteiger charge is -2.09. The summed E-state index contributed by atoms with van der Waals surface area (Å²) >= 11 is 0. The molecule has 3 rings (SSSR count). The fraction of sp³-hybridized carbons (Fsp3) is 0.235. The van der Waals surface area contributed by atoms with E-state index in [0.29, 0.717) is 12.2 Å². The molecule has 0 bridgehead atoms. The first-order valence-electron chi connectivity index (χ1n) is 7.27. The largest absolute Gasteiger partial charge is 0.473 e. The van der Waals surface area contributed by atoms with Gasteiger partial charge in [-0.2, -0.15) is 0 Å². The summed E-state index contributed by atoms with van der Waals surface area (Å²) in [6, 6.07) is 13.9. The second-order valence-electron chi connectivity index (χ2n) is 5.34. The van der Waals surface area contributed by atoms with Crippen LogP contribution in [-0.2, 0) is 11.2 Å². The van der Waals surface area contributed by atoms with Crippen LogP contribution in [0.15, 0.2) is 59.6 Å². The van der Waals surface area contributed by atoms with E-state index < -0.39 is 11.0 Å². The smallest absolute Gasteiger partial charge is 0.290 e. The molecule has 6 heteroatoms. The monoisotopic (exact) mass is 314 g/mol. The number of aliphatic imine (C=N–C) groups is 1. The average molecular weight is 314 g/mol. The van der Waals surface area contributed by atoms with E-state index in [9.17, 15) is 14.5 Å². The van der Waals surface area contributed by atoms with Crippen LogP contribution in [0.3, 0.4) is 0 Å². The number of halogens is 1. The van der Waals surface area contributed by atoms with Crippen LogP contribution in [0.4, 0.5) is 4.39 Å². The van der Waals surface area contributed by atoms with Crippen molar-refractivity contribution in [3.63, 3.8) is 0 Å². The molecule has 118 valence electrons. The van der Waals surface area contributed by atoms with Crippen molar-refractivity contribution < 1.29 is 14.1 Å². The van der Waals surface area contributed by atoms with Crippen molar-refractivity contribution >= 4 is 5.90 Å². The molecule has 0 saturated heterocycles. The summed E-state index contributed by atoms with van der Waals surface area (Å²) in [5.74, 6) is -0.238.